The van der Waals surface area contributed by atoms with E-state index in [4.69, 9.17) is 0 Å². The molecule has 0 spiro atoms. The standard InChI is InChI=1S/C8H9F2NO/c1-2-6-7(12-8(9)10)4-3-5-11-6/h3-5,8H,2H2,1H3. The summed E-state index contributed by atoms with van der Waals surface area (Å²) in [4.78, 5) is 3.89. The van der Waals surface area contributed by atoms with Crippen LogP contribution < -0.4 is 4.74 Å². The summed E-state index contributed by atoms with van der Waals surface area (Å²) in [7, 11) is 0. The van der Waals surface area contributed by atoms with E-state index in [2.05, 4.69) is 9.72 Å². The van der Waals surface area contributed by atoms with Gasteiger partial charge >= 0.3 is 6.61 Å². The van der Waals surface area contributed by atoms with Crippen LogP contribution in [-0.2, 0) is 6.42 Å². The zero-order valence-electron chi connectivity index (χ0n) is 6.63. The largest absolute Gasteiger partial charge is 0.433 e. The number of alkyl halides is 2. The molecule has 0 saturated carbocycles. The fourth-order valence-electron chi connectivity index (χ4n) is 0.892. The Morgan fingerprint density at radius 2 is 2.33 bits per heavy atom. The molecule has 2 nitrogen and oxygen atoms in total. The fourth-order valence-corrected chi connectivity index (χ4v) is 0.892. The molecule has 4 heteroatoms. The van der Waals surface area contributed by atoms with Crippen LogP contribution in [0.25, 0.3) is 0 Å². The molecule has 0 atom stereocenters. The minimum Gasteiger partial charge on any atom is -0.433 e. The maximum atomic E-state index is 11.8. The summed E-state index contributed by atoms with van der Waals surface area (Å²) >= 11 is 0. The van der Waals surface area contributed by atoms with Crippen molar-refractivity contribution in [2.75, 3.05) is 0 Å². The molecule has 66 valence electrons. The highest BCUT2D eigenvalue weighted by Crippen LogP contribution is 2.17. The molecule has 12 heavy (non-hydrogen) atoms. The number of aryl methyl sites for hydroxylation is 1. The summed E-state index contributed by atoms with van der Waals surface area (Å²) in [5.74, 6) is 0.162. The summed E-state index contributed by atoms with van der Waals surface area (Å²) < 4.78 is 27.8. The van der Waals surface area contributed by atoms with Gasteiger partial charge in [-0.1, -0.05) is 6.92 Å². The first-order chi connectivity index (χ1) is 5.74. The van der Waals surface area contributed by atoms with Gasteiger partial charge in [-0.05, 0) is 18.6 Å². The summed E-state index contributed by atoms with van der Waals surface area (Å²) in [5, 5.41) is 0. The molecule has 0 aliphatic heterocycles. The molecule has 1 heterocycles. The normalized spacial score (nSPS) is 10.3. The highest BCUT2D eigenvalue weighted by Gasteiger charge is 2.07. The molecule has 0 saturated heterocycles. The average molecular weight is 173 g/mol. The lowest BCUT2D eigenvalue weighted by atomic mass is 10.3. The first-order valence-electron chi connectivity index (χ1n) is 3.62. The molecule has 0 radical (unpaired) electrons. The lowest BCUT2D eigenvalue weighted by Crippen LogP contribution is -2.04. The minimum atomic E-state index is -2.78. The molecule has 0 fully saturated rings. The predicted octanol–water partition coefficient (Wildman–Crippen LogP) is 2.25. The Bertz CT molecular complexity index is 253. The second-order valence-corrected chi connectivity index (χ2v) is 2.18. The Hall–Kier alpha value is -1.19. The second-order valence-electron chi connectivity index (χ2n) is 2.18. The molecular weight excluding hydrogens is 164 g/mol. The quantitative estimate of drug-likeness (QED) is 0.699. The Morgan fingerprint density at radius 3 is 2.92 bits per heavy atom. The smallest absolute Gasteiger partial charge is 0.387 e. The van der Waals surface area contributed by atoms with Crippen molar-refractivity contribution < 1.29 is 13.5 Å². The van der Waals surface area contributed by atoms with Gasteiger partial charge in [0, 0.05) is 6.20 Å². The zero-order valence-corrected chi connectivity index (χ0v) is 6.63. The maximum Gasteiger partial charge on any atom is 0.387 e. The first kappa shape index (κ1) is 8.90. The summed E-state index contributed by atoms with van der Waals surface area (Å²) in [6.45, 7) is -0.944. The minimum absolute atomic E-state index is 0.162. The van der Waals surface area contributed by atoms with Crippen molar-refractivity contribution in [3.05, 3.63) is 24.0 Å². The van der Waals surface area contributed by atoms with Crippen LogP contribution in [0.5, 0.6) is 5.75 Å². The topological polar surface area (TPSA) is 22.1 Å². The predicted molar refractivity (Wildman–Crippen MR) is 40.2 cm³/mol. The number of halogens is 2. The molecular formula is C8H9F2NO. The van der Waals surface area contributed by atoms with Crippen LogP contribution in [0.4, 0.5) is 8.78 Å². The van der Waals surface area contributed by atoms with Crippen molar-refractivity contribution in [3.63, 3.8) is 0 Å². The van der Waals surface area contributed by atoms with Crippen LogP contribution in [0.15, 0.2) is 18.3 Å². The van der Waals surface area contributed by atoms with Gasteiger partial charge in [0.25, 0.3) is 0 Å². The van der Waals surface area contributed by atoms with Crippen LogP contribution in [0.2, 0.25) is 0 Å². The van der Waals surface area contributed by atoms with Gasteiger partial charge in [-0.15, -0.1) is 0 Å². The number of ether oxygens (including phenoxy) is 1. The van der Waals surface area contributed by atoms with Crippen molar-refractivity contribution in [2.24, 2.45) is 0 Å². The molecule has 1 aromatic rings. The van der Waals surface area contributed by atoms with Gasteiger partial charge in [0.05, 0.1) is 5.69 Å². The Labute approximate surface area is 69.2 Å². The highest BCUT2D eigenvalue weighted by molar-refractivity contribution is 5.26. The van der Waals surface area contributed by atoms with Crippen LogP contribution in [0.3, 0.4) is 0 Å². The molecule has 1 rings (SSSR count). The molecule has 0 bridgehead atoms. The van der Waals surface area contributed by atoms with Gasteiger partial charge in [-0.25, -0.2) is 0 Å². The lowest BCUT2D eigenvalue weighted by Gasteiger charge is -2.06. The molecule has 0 aliphatic rings. The third-order valence-corrected chi connectivity index (χ3v) is 1.40. The highest BCUT2D eigenvalue weighted by atomic mass is 19.3. The fraction of sp³-hybridized carbons (Fsp3) is 0.375. The van der Waals surface area contributed by atoms with Crippen molar-refractivity contribution >= 4 is 0 Å². The summed E-state index contributed by atoms with van der Waals surface area (Å²) in [6.07, 6.45) is 2.14. The molecule has 1 aromatic heterocycles. The van der Waals surface area contributed by atoms with Gasteiger partial charge in [-0.2, -0.15) is 8.78 Å². The zero-order chi connectivity index (χ0) is 8.97. The number of hydrogen-bond acceptors (Lipinski definition) is 2. The van der Waals surface area contributed by atoms with Crippen molar-refractivity contribution in [1.82, 2.24) is 4.98 Å². The van der Waals surface area contributed by atoms with Gasteiger partial charge in [0.15, 0.2) is 0 Å². The molecule has 0 N–H and O–H groups in total. The average Bonchev–Trinajstić information content (AvgIpc) is 2.04. The Kier molecular flexibility index (Phi) is 2.96. The van der Waals surface area contributed by atoms with Crippen LogP contribution >= 0.6 is 0 Å². The van der Waals surface area contributed by atoms with E-state index >= 15 is 0 Å². The van der Waals surface area contributed by atoms with Gasteiger partial charge in [-0.3, -0.25) is 4.98 Å². The van der Waals surface area contributed by atoms with E-state index in [1.54, 1.807) is 12.3 Å². The van der Waals surface area contributed by atoms with Gasteiger partial charge in [0.1, 0.15) is 5.75 Å². The third kappa shape index (κ3) is 2.15. The maximum absolute atomic E-state index is 11.8. The van der Waals surface area contributed by atoms with Crippen LogP contribution in [0.1, 0.15) is 12.6 Å². The van der Waals surface area contributed by atoms with E-state index < -0.39 is 6.61 Å². The van der Waals surface area contributed by atoms with E-state index in [1.165, 1.54) is 6.07 Å². The van der Waals surface area contributed by atoms with Crippen LogP contribution in [0, 0.1) is 0 Å². The van der Waals surface area contributed by atoms with E-state index in [0.717, 1.165) is 0 Å². The first-order valence-corrected chi connectivity index (χ1v) is 3.62. The van der Waals surface area contributed by atoms with Crippen LogP contribution in [-0.4, -0.2) is 11.6 Å². The number of pyridine rings is 1. The van der Waals surface area contributed by atoms with E-state index in [9.17, 15) is 8.78 Å². The number of aromatic nitrogens is 1. The van der Waals surface area contributed by atoms with Gasteiger partial charge in [0.2, 0.25) is 0 Å². The molecule has 0 amide bonds. The molecule has 0 unspecified atom stereocenters. The van der Waals surface area contributed by atoms with Crippen molar-refractivity contribution in [2.45, 2.75) is 20.0 Å². The van der Waals surface area contributed by atoms with E-state index in [1.807, 2.05) is 6.92 Å². The Morgan fingerprint density at radius 1 is 1.58 bits per heavy atom. The third-order valence-electron chi connectivity index (χ3n) is 1.40. The van der Waals surface area contributed by atoms with Crippen molar-refractivity contribution in [1.29, 1.82) is 0 Å². The summed E-state index contributed by atoms with van der Waals surface area (Å²) in [6, 6.07) is 3.05. The van der Waals surface area contributed by atoms with E-state index in [0.29, 0.717) is 12.1 Å². The number of rotatable bonds is 3. The monoisotopic (exact) mass is 173 g/mol. The van der Waals surface area contributed by atoms with E-state index in [-0.39, 0.29) is 5.75 Å². The Balaban J connectivity index is 2.82. The summed E-state index contributed by atoms with van der Waals surface area (Å²) in [5.41, 5.74) is 0.554. The molecule has 0 aliphatic carbocycles. The molecule has 0 aromatic carbocycles. The van der Waals surface area contributed by atoms with Crippen molar-refractivity contribution in [3.8, 4) is 5.75 Å². The second kappa shape index (κ2) is 3.99. The number of nitrogens with zero attached hydrogens (tertiary/aromatic N) is 1. The lowest BCUT2D eigenvalue weighted by molar-refractivity contribution is -0.0506. The SMILES string of the molecule is CCc1ncccc1OC(F)F. The number of hydrogen-bond donors (Lipinski definition) is 0. The van der Waals surface area contributed by atoms with Gasteiger partial charge < -0.3 is 4.74 Å².